The minimum absolute atomic E-state index is 0.0274. The molecule has 21 heavy (non-hydrogen) atoms. The molecule has 4 nitrogen and oxygen atoms in total. The summed E-state index contributed by atoms with van der Waals surface area (Å²) in [5.41, 5.74) is 0. The van der Waals surface area contributed by atoms with Gasteiger partial charge in [-0.05, 0) is 6.07 Å². The van der Waals surface area contributed by atoms with Crippen LogP contribution in [0.5, 0.6) is 0 Å². The van der Waals surface area contributed by atoms with E-state index in [-0.39, 0.29) is 11.8 Å². The molecule has 1 atom stereocenters. The third-order valence-corrected chi connectivity index (χ3v) is 5.69. The van der Waals surface area contributed by atoms with Gasteiger partial charge in [0.1, 0.15) is 4.88 Å². The quantitative estimate of drug-likeness (QED) is 0.942. The molecule has 1 aliphatic heterocycles. The highest BCUT2D eigenvalue weighted by atomic mass is 35.5. The van der Waals surface area contributed by atoms with E-state index in [9.17, 15) is 9.59 Å². The van der Waals surface area contributed by atoms with Crippen LogP contribution in [0.15, 0.2) is 24.3 Å². The maximum atomic E-state index is 12.5. The summed E-state index contributed by atoms with van der Waals surface area (Å²) in [5.74, 6) is -1.31. The van der Waals surface area contributed by atoms with Crippen LogP contribution in [0.3, 0.4) is 0 Å². The van der Waals surface area contributed by atoms with Gasteiger partial charge in [-0.3, -0.25) is 9.59 Å². The largest absolute Gasteiger partial charge is 0.481 e. The van der Waals surface area contributed by atoms with E-state index in [4.69, 9.17) is 16.7 Å². The first kappa shape index (κ1) is 14.4. The van der Waals surface area contributed by atoms with E-state index in [1.165, 1.54) is 11.3 Å². The Kier molecular flexibility index (Phi) is 3.63. The molecule has 110 valence electrons. The Hall–Kier alpha value is -1.59. The highest BCUT2D eigenvalue weighted by molar-refractivity contribution is 7.21. The Labute approximate surface area is 130 Å². The van der Waals surface area contributed by atoms with Crippen molar-refractivity contribution in [2.24, 2.45) is 11.8 Å². The second-order valence-corrected chi connectivity index (χ2v) is 6.77. The van der Waals surface area contributed by atoms with Crippen molar-refractivity contribution >= 4 is 44.9 Å². The fourth-order valence-electron chi connectivity index (χ4n) is 2.49. The summed E-state index contributed by atoms with van der Waals surface area (Å²) in [6.45, 7) is 2.65. The topological polar surface area (TPSA) is 57.6 Å². The number of hydrogen-bond donors (Lipinski definition) is 1. The summed E-state index contributed by atoms with van der Waals surface area (Å²) in [6, 6.07) is 7.64. The molecule has 0 aliphatic carbocycles. The molecule has 0 bridgehead atoms. The standard InChI is InChI=1S/C15H14ClNO3S/c1-8(15(19)20)9-6-17(7-9)14(18)13-12(16)10-4-2-3-5-11(10)21-13/h2-5,8-9H,6-7H2,1H3,(H,19,20). The maximum Gasteiger partial charge on any atom is 0.306 e. The normalized spacial score (nSPS) is 16.8. The van der Waals surface area contributed by atoms with Crippen LogP contribution in [0.25, 0.3) is 10.1 Å². The molecule has 1 saturated heterocycles. The number of hydrogen-bond acceptors (Lipinski definition) is 3. The average Bonchev–Trinajstić information content (AvgIpc) is 2.74. The molecule has 0 spiro atoms. The summed E-state index contributed by atoms with van der Waals surface area (Å²) in [5, 5.41) is 10.4. The monoisotopic (exact) mass is 323 g/mol. The minimum atomic E-state index is -0.813. The molecule has 2 aromatic rings. The van der Waals surface area contributed by atoms with Crippen LogP contribution in [0.1, 0.15) is 16.6 Å². The van der Waals surface area contributed by atoms with Crippen molar-refractivity contribution in [3.8, 4) is 0 Å². The first-order chi connectivity index (χ1) is 9.99. The number of aliphatic carboxylic acids is 1. The van der Waals surface area contributed by atoms with Crippen molar-refractivity contribution in [3.63, 3.8) is 0 Å². The van der Waals surface area contributed by atoms with E-state index < -0.39 is 11.9 Å². The average molecular weight is 324 g/mol. The molecule has 1 amide bonds. The van der Waals surface area contributed by atoms with E-state index in [0.717, 1.165) is 10.1 Å². The number of halogens is 1. The van der Waals surface area contributed by atoms with Gasteiger partial charge in [0.25, 0.3) is 5.91 Å². The lowest BCUT2D eigenvalue weighted by Gasteiger charge is -2.41. The Bertz CT molecular complexity index is 721. The van der Waals surface area contributed by atoms with Gasteiger partial charge in [-0.1, -0.05) is 36.7 Å². The van der Waals surface area contributed by atoms with Gasteiger partial charge in [0.2, 0.25) is 0 Å². The predicted octanol–water partition coefficient (Wildman–Crippen LogP) is 3.35. The van der Waals surface area contributed by atoms with Crippen LogP contribution in [-0.2, 0) is 4.79 Å². The number of benzene rings is 1. The highest BCUT2D eigenvalue weighted by Gasteiger charge is 2.38. The smallest absolute Gasteiger partial charge is 0.306 e. The SMILES string of the molecule is CC(C(=O)O)C1CN(C(=O)c2sc3ccccc3c2Cl)C1. The molecule has 1 N–H and O–H groups in total. The Morgan fingerprint density at radius 3 is 2.67 bits per heavy atom. The fourth-order valence-corrected chi connectivity index (χ4v) is 3.97. The van der Waals surface area contributed by atoms with Crippen LogP contribution in [0.2, 0.25) is 5.02 Å². The van der Waals surface area contributed by atoms with Crippen molar-refractivity contribution in [2.75, 3.05) is 13.1 Å². The minimum Gasteiger partial charge on any atom is -0.481 e. The van der Waals surface area contributed by atoms with E-state index >= 15 is 0 Å². The van der Waals surface area contributed by atoms with Gasteiger partial charge in [-0.25, -0.2) is 0 Å². The van der Waals surface area contributed by atoms with Crippen molar-refractivity contribution in [1.29, 1.82) is 0 Å². The summed E-state index contributed by atoms with van der Waals surface area (Å²) >= 11 is 7.68. The summed E-state index contributed by atoms with van der Waals surface area (Å²) < 4.78 is 0.988. The van der Waals surface area contributed by atoms with Crippen LogP contribution >= 0.6 is 22.9 Å². The number of fused-ring (bicyclic) bond motifs is 1. The van der Waals surface area contributed by atoms with Crippen molar-refractivity contribution < 1.29 is 14.7 Å². The van der Waals surface area contributed by atoms with E-state index in [2.05, 4.69) is 0 Å². The van der Waals surface area contributed by atoms with Crippen molar-refractivity contribution in [3.05, 3.63) is 34.2 Å². The van der Waals surface area contributed by atoms with Crippen molar-refractivity contribution in [2.45, 2.75) is 6.92 Å². The van der Waals surface area contributed by atoms with E-state index in [0.29, 0.717) is 23.0 Å². The van der Waals surface area contributed by atoms with Crippen LogP contribution in [0, 0.1) is 11.8 Å². The number of likely N-dealkylation sites (tertiary alicyclic amines) is 1. The first-order valence-electron chi connectivity index (χ1n) is 6.68. The summed E-state index contributed by atoms with van der Waals surface area (Å²) in [6.07, 6.45) is 0. The van der Waals surface area contributed by atoms with Gasteiger partial charge in [-0.2, -0.15) is 0 Å². The number of amides is 1. The van der Waals surface area contributed by atoms with Crippen LogP contribution in [0.4, 0.5) is 0 Å². The second-order valence-electron chi connectivity index (χ2n) is 5.34. The second kappa shape index (κ2) is 5.31. The van der Waals surface area contributed by atoms with E-state index in [1.807, 2.05) is 24.3 Å². The molecule has 1 unspecified atom stereocenters. The van der Waals surface area contributed by atoms with E-state index in [1.54, 1.807) is 11.8 Å². The number of carbonyl (C=O) groups excluding carboxylic acids is 1. The zero-order valence-electron chi connectivity index (χ0n) is 11.4. The lowest BCUT2D eigenvalue weighted by Crippen LogP contribution is -2.53. The number of nitrogens with zero attached hydrogens (tertiary/aromatic N) is 1. The van der Waals surface area contributed by atoms with Gasteiger partial charge in [0.15, 0.2) is 0 Å². The molecule has 1 aromatic heterocycles. The molecule has 2 heterocycles. The van der Waals surface area contributed by atoms with Gasteiger partial charge in [-0.15, -0.1) is 11.3 Å². The number of carbonyl (C=O) groups is 2. The molecule has 1 aliphatic rings. The number of carboxylic acids is 1. The van der Waals surface area contributed by atoms with Gasteiger partial charge in [0.05, 0.1) is 10.9 Å². The third kappa shape index (κ3) is 2.40. The number of thiophene rings is 1. The molecule has 6 heteroatoms. The number of carboxylic acid groups (broad SMARTS) is 1. The Balaban J connectivity index is 1.77. The first-order valence-corrected chi connectivity index (χ1v) is 7.87. The zero-order valence-corrected chi connectivity index (χ0v) is 12.9. The molecule has 0 radical (unpaired) electrons. The van der Waals surface area contributed by atoms with Crippen molar-refractivity contribution in [1.82, 2.24) is 4.90 Å². The number of rotatable bonds is 3. The molecular weight excluding hydrogens is 310 g/mol. The Morgan fingerprint density at radius 1 is 1.38 bits per heavy atom. The fraction of sp³-hybridized carbons (Fsp3) is 0.333. The van der Waals surface area contributed by atoms with Gasteiger partial charge in [0, 0.05) is 29.1 Å². The lowest BCUT2D eigenvalue weighted by atomic mass is 9.87. The third-order valence-electron chi connectivity index (χ3n) is 4.02. The highest BCUT2D eigenvalue weighted by Crippen LogP contribution is 2.37. The molecule has 3 rings (SSSR count). The summed E-state index contributed by atoms with van der Waals surface area (Å²) in [4.78, 5) is 25.6. The Morgan fingerprint density at radius 2 is 2.05 bits per heavy atom. The van der Waals surface area contributed by atoms with Gasteiger partial charge >= 0.3 is 5.97 Å². The molecule has 1 fully saturated rings. The van der Waals surface area contributed by atoms with Crippen LogP contribution < -0.4 is 0 Å². The maximum absolute atomic E-state index is 12.5. The molecule has 0 saturated carbocycles. The lowest BCUT2D eigenvalue weighted by molar-refractivity contribution is -0.144. The predicted molar refractivity (Wildman–Crippen MR) is 83.0 cm³/mol. The van der Waals surface area contributed by atoms with Gasteiger partial charge < -0.3 is 10.0 Å². The summed E-state index contributed by atoms with van der Waals surface area (Å²) in [7, 11) is 0. The van der Waals surface area contributed by atoms with Crippen LogP contribution in [-0.4, -0.2) is 35.0 Å². The zero-order chi connectivity index (χ0) is 15.1. The molecular formula is C15H14ClNO3S. The molecule has 1 aromatic carbocycles.